The molecule has 1 fully saturated rings. The van der Waals surface area contributed by atoms with E-state index in [9.17, 15) is 5.11 Å². The van der Waals surface area contributed by atoms with Gasteiger partial charge in [-0.25, -0.2) is 0 Å². The molecule has 1 saturated heterocycles. The molecule has 0 saturated carbocycles. The number of aliphatic hydroxyl groups excluding tert-OH is 2. The summed E-state index contributed by atoms with van der Waals surface area (Å²) in [5.41, 5.74) is 0. The Hall–Kier alpha value is -0.420. The summed E-state index contributed by atoms with van der Waals surface area (Å²) in [4.78, 5) is 0. The van der Waals surface area contributed by atoms with E-state index in [1.807, 2.05) is 13.8 Å². The second-order valence-electron chi connectivity index (χ2n) is 4.06. The number of aliphatic hydroxyl groups is 2. The summed E-state index contributed by atoms with van der Waals surface area (Å²) < 4.78 is 10.9. The van der Waals surface area contributed by atoms with Crippen LogP contribution in [-0.2, 0) is 9.47 Å². The lowest BCUT2D eigenvalue weighted by Gasteiger charge is -2.41. The fraction of sp³-hybridized carbons (Fsp3) is 0.818. The average Bonchev–Trinajstić information content (AvgIpc) is 2.25. The minimum absolute atomic E-state index is 0.0470. The van der Waals surface area contributed by atoms with Gasteiger partial charge in [0, 0.05) is 5.92 Å². The van der Waals surface area contributed by atoms with E-state index < -0.39 is 12.2 Å². The summed E-state index contributed by atoms with van der Waals surface area (Å²) in [6, 6.07) is 0. The van der Waals surface area contributed by atoms with Gasteiger partial charge in [-0.1, -0.05) is 19.9 Å². The summed E-state index contributed by atoms with van der Waals surface area (Å²) >= 11 is 0. The van der Waals surface area contributed by atoms with Crippen molar-refractivity contribution in [1.82, 2.24) is 0 Å². The Balaban J connectivity index is 2.60. The first-order chi connectivity index (χ1) is 7.11. The molecule has 15 heavy (non-hydrogen) atoms. The Kier molecular flexibility index (Phi) is 4.73. The number of hydrogen-bond donors (Lipinski definition) is 2. The molecule has 0 aliphatic carbocycles. The van der Waals surface area contributed by atoms with Crippen molar-refractivity contribution >= 4 is 0 Å². The maximum absolute atomic E-state index is 9.79. The van der Waals surface area contributed by atoms with Crippen LogP contribution in [0, 0.1) is 11.8 Å². The lowest BCUT2D eigenvalue weighted by molar-refractivity contribution is -0.265. The molecule has 5 atom stereocenters. The lowest BCUT2D eigenvalue weighted by Crippen LogP contribution is -2.51. The molecule has 1 aliphatic heterocycles. The monoisotopic (exact) mass is 216 g/mol. The van der Waals surface area contributed by atoms with Crippen LogP contribution >= 0.6 is 0 Å². The van der Waals surface area contributed by atoms with E-state index in [0.717, 1.165) is 0 Å². The molecular formula is C11H20O4. The predicted molar refractivity (Wildman–Crippen MR) is 56.2 cm³/mol. The zero-order valence-corrected chi connectivity index (χ0v) is 9.30. The highest BCUT2D eigenvalue weighted by molar-refractivity contribution is 4.85. The van der Waals surface area contributed by atoms with Crippen molar-refractivity contribution in [2.24, 2.45) is 11.8 Å². The molecule has 2 unspecified atom stereocenters. The molecule has 88 valence electrons. The third-order valence-electron chi connectivity index (χ3n) is 3.05. The van der Waals surface area contributed by atoms with Crippen LogP contribution in [0.25, 0.3) is 0 Å². The molecular weight excluding hydrogens is 196 g/mol. The van der Waals surface area contributed by atoms with Crippen LogP contribution in [0.4, 0.5) is 0 Å². The Bertz CT molecular complexity index is 205. The van der Waals surface area contributed by atoms with Gasteiger partial charge in [-0.3, -0.25) is 0 Å². The first-order valence-electron chi connectivity index (χ1n) is 5.28. The van der Waals surface area contributed by atoms with Crippen molar-refractivity contribution in [1.29, 1.82) is 0 Å². The predicted octanol–water partition coefficient (Wildman–Crippen LogP) is 0.539. The fourth-order valence-corrected chi connectivity index (χ4v) is 1.78. The molecule has 4 heteroatoms. The summed E-state index contributed by atoms with van der Waals surface area (Å²) in [6.45, 7) is 7.69. The van der Waals surface area contributed by atoms with Gasteiger partial charge in [0.15, 0.2) is 6.29 Å². The van der Waals surface area contributed by atoms with E-state index in [1.165, 1.54) is 0 Å². The van der Waals surface area contributed by atoms with Gasteiger partial charge in [0.1, 0.15) is 6.10 Å². The highest BCUT2D eigenvalue weighted by Gasteiger charge is 2.40. The van der Waals surface area contributed by atoms with Crippen molar-refractivity contribution in [3.8, 4) is 0 Å². The van der Waals surface area contributed by atoms with E-state index in [-0.39, 0.29) is 24.7 Å². The van der Waals surface area contributed by atoms with Gasteiger partial charge < -0.3 is 19.7 Å². The van der Waals surface area contributed by atoms with Crippen LogP contribution in [0.5, 0.6) is 0 Å². The molecule has 4 nitrogen and oxygen atoms in total. The van der Waals surface area contributed by atoms with Crippen LogP contribution in [0.1, 0.15) is 13.8 Å². The molecule has 0 spiro atoms. The van der Waals surface area contributed by atoms with Crippen molar-refractivity contribution in [3.63, 3.8) is 0 Å². The maximum atomic E-state index is 9.79. The van der Waals surface area contributed by atoms with Gasteiger partial charge >= 0.3 is 0 Å². The molecule has 0 bridgehead atoms. The van der Waals surface area contributed by atoms with E-state index in [1.54, 1.807) is 6.08 Å². The van der Waals surface area contributed by atoms with Crippen LogP contribution in [0.15, 0.2) is 12.7 Å². The van der Waals surface area contributed by atoms with E-state index in [4.69, 9.17) is 14.6 Å². The van der Waals surface area contributed by atoms with Crippen molar-refractivity contribution in [3.05, 3.63) is 12.7 Å². The first kappa shape index (κ1) is 12.6. The quantitative estimate of drug-likeness (QED) is 0.673. The summed E-state index contributed by atoms with van der Waals surface area (Å²) in [5.74, 6) is 0.147. The number of rotatable bonds is 4. The van der Waals surface area contributed by atoms with Crippen molar-refractivity contribution in [2.45, 2.75) is 32.3 Å². The van der Waals surface area contributed by atoms with E-state index in [0.29, 0.717) is 6.61 Å². The van der Waals surface area contributed by atoms with Gasteiger partial charge in [0.2, 0.25) is 0 Å². The average molecular weight is 216 g/mol. The summed E-state index contributed by atoms with van der Waals surface area (Å²) in [7, 11) is 0. The van der Waals surface area contributed by atoms with Crippen LogP contribution in [-0.4, -0.2) is 41.9 Å². The molecule has 1 aliphatic rings. The topological polar surface area (TPSA) is 58.9 Å². The minimum atomic E-state index is -0.631. The standard InChI is InChI=1S/C11H20O4/c1-4-5-14-11-8(3)7(2)10(13)9(6-12)15-11/h4,7-13H,1,5-6H2,2-3H3/t7-,8?,9?,10-,11-/m1/s1. The summed E-state index contributed by atoms with van der Waals surface area (Å²) in [5, 5.41) is 18.8. The first-order valence-corrected chi connectivity index (χ1v) is 5.28. The molecule has 0 aromatic carbocycles. The zero-order chi connectivity index (χ0) is 11.4. The van der Waals surface area contributed by atoms with E-state index >= 15 is 0 Å². The van der Waals surface area contributed by atoms with Gasteiger partial charge in [-0.2, -0.15) is 0 Å². The fourth-order valence-electron chi connectivity index (χ4n) is 1.78. The van der Waals surface area contributed by atoms with Crippen molar-refractivity contribution in [2.75, 3.05) is 13.2 Å². The van der Waals surface area contributed by atoms with Crippen LogP contribution in [0.3, 0.4) is 0 Å². The SMILES string of the molecule is C=CCO[C@@H]1OC(CO)[C@H](O)[C@H](C)C1C. The number of hydrogen-bond acceptors (Lipinski definition) is 4. The third-order valence-corrected chi connectivity index (χ3v) is 3.05. The normalized spacial score (nSPS) is 41.5. The maximum Gasteiger partial charge on any atom is 0.161 e. The molecule has 0 aromatic rings. The van der Waals surface area contributed by atoms with Gasteiger partial charge in [-0.05, 0) is 5.92 Å². The highest BCUT2D eigenvalue weighted by Crippen LogP contribution is 2.31. The van der Waals surface area contributed by atoms with Gasteiger partial charge in [-0.15, -0.1) is 6.58 Å². The minimum Gasteiger partial charge on any atom is -0.394 e. The largest absolute Gasteiger partial charge is 0.394 e. The lowest BCUT2D eigenvalue weighted by atomic mass is 9.85. The Morgan fingerprint density at radius 3 is 2.60 bits per heavy atom. The Morgan fingerprint density at radius 2 is 2.07 bits per heavy atom. The molecule has 1 heterocycles. The highest BCUT2D eigenvalue weighted by atomic mass is 16.7. The van der Waals surface area contributed by atoms with Crippen LogP contribution in [0.2, 0.25) is 0 Å². The number of ether oxygens (including phenoxy) is 2. The van der Waals surface area contributed by atoms with Crippen molar-refractivity contribution < 1.29 is 19.7 Å². The molecule has 2 N–H and O–H groups in total. The van der Waals surface area contributed by atoms with Gasteiger partial charge in [0.05, 0.1) is 19.3 Å². The molecule has 0 radical (unpaired) electrons. The zero-order valence-electron chi connectivity index (χ0n) is 9.30. The molecule has 0 aromatic heterocycles. The second kappa shape index (κ2) is 5.61. The van der Waals surface area contributed by atoms with Gasteiger partial charge in [0.25, 0.3) is 0 Å². The Labute approximate surface area is 90.5 Å². The molecule has 1 rings (SSSR count). The summed E-state index contributed by atoms with van der Waals surface area (Å²) in [6.07, 6.45) is 0.0952. The Morgan fingerprint density at radius 1 is 1.40 bits per heavy atom. The third kappa shape index (κ3) is 2.78. The van der Waals surface area contributed by atoms with Crippen LogP contribution < -0.4 is 0 Å². The molecule has 0 amide bonds. The smallest absolute Gasteiger partial charge is 0.161 e. The van der Waals surface area contributed by atoms with E-state index in [2.05, 4.69) is 6.58 Å². The second-order valence-corrected chi connectivity index (χ2v) is 4.06.